The molecule has 0 N–H and O–H groups in total. The Balaban J connectivity index is 1.57. The van der Waals surface area contributed by atoms with Crippen molar-refractivity contribution in [3.05, 3.63) is 23.8 Å². The molecule has 0 radical (unpaired) electrons. The molecule has 2 aliphatic heterocycles. The van der Waals surface area contributed by atoms with Crippen molar-refractivity contribution in [3.63, 3.8) is 0 Å². The maximum atomic E-state index is 11.6. The zero-order valence-electron chi connectivity index (χ0n) is 15.1. The minimum atomic E-state index is 0.205. The summed E-state index contributed by atoms with van der Waals surface area (Å²) in [5, 5.41) is 0. The predicted molar refractivity (Wildman–Crippen MR) is 93.4 cm³/mol. The highest BCUT2D eigenvalue weighted by Crippen LogP contribution is 2.24. The first-order valence-electron chi connectivity index (χ1n) is 9.02. The maximum absolute atomic E-state index is 11.6. The largest absolute Gasteiger partial charge is 0.342 e. The molecule has 3 rings (SSSR count). The third-order valence-electron chi connectivity index (χ3n) is 5.31. The number of rotatable bonds is 3. The van der Waals surface area contributed by atoms with Crippen LogP contribution >= 0.6 is 0 Å². The van der Waals surface area contributed by atoms with Crippen molar-refractivity contribution in [2.45, 2.75) is 39.8 Å². The molecule has 132 valence electrons. The number of amides is 1. The first-order chi connectivity index (χ1) is 11.5. The van der Waals surface area contributed by atoms with Gasteiger partial charge in [-0.05, 0) is 19.3 Å². The summed E-state index contributed by atoms with van der Waals surface area (Å²) in [4.78, 5) is 27.5. The number of hydrogen-bond donors (Lipinski definition) is 0. The summed E-state index contributed by atoms with van der Waals surface area (Å²) in [7, 11) is 0. The number of hydrogen-bond acceptors (Lipinski definition) is 5. The third-order valence-corrected chi connectivity index (χ3v) is 5.31. The number of aromatic nitrogens is 2. The highest BCUT2D eigenvalue weighted by Gasteiger charge is 2.34. The summed E-state index contributed by atoms with van der Waals surface area (Å²) in [5.74, 6) is 0.850. The Kier molecular flexibility index (Phi) is 5.46. The molecule has 3 heterocycles. The van der Waals surface area contributed by atoms with Crippen LogP contribution in [0.15, 0.2) is 12.4 Å². The summed E-state index contributed by atoms with van der Waals surface area (Å²) in [6.07, 6.45) is 4.81. The van der Waals surface area contributed by atoms with Crippen LogP contribution in [0.3, 0.4) is 0 Å². The van der Waals surface area contributed by atoms with Crippen molar-refractivity contribution in [3.8, 4) is 0 Å². The van der Waals surface area contributed by atoms with Crippen LogP contribution in [0.5, 0.6) is 0 Å². The number of likely N-dealkylation sites (tertiary alicyclic amines) is 1. The average molecular weight is 331 g/mol. The Morgan fingerprint density at radius 2 is 2.00 bits per heavy atom. The lowest BCUT2D eigenvalue weighted by Gasteiger charge is -2.30. The molecule has 1 aromatic rings. The Morgan fingerprint density at radius 3 is 2.71 bits per heavy atom. The highest BCUT2D eigenvalue weighted by molar-refractivity contribution is 5.73. The van der Waals surface area contributed by atoms with Gasteiger partial charge in [-0.2, -0.15) is 0 Å². The van der Waals surface area contributed by atoms with Crippen molar-refractivity contribution in [1.82, 2.24) is 24.7 Å². The zero-order chi connectivity index (χ0) is 17.1. The molecule has 0 spiro atoms. The number of carbonyl (C=O) groups excluding carboxylic acids is 1. The van der Waals surface area contributed by atoms with Crippen LogP contribution < -0.4 is 0 Å². The zero-order valence-corrected chi connectivity index (χ0v) is 15.1. The van der Waals surface area contributed by atoms with Gasteiger partial charge in [0.1, 0.15) is 0 Å². The summed E-state index contributed by atoms with van der Waals surface area (Å²) in [5.41, 5.74) is 2.01. The topological polar surface area (TPSA) is 52.6 Å². The molecule has 6 nitrogen and oxygen atoms in total. The molecule has 0 aliphatic carbocycles. The molecule has 24 heavy (non-hydrogen) atoms. The van der Waals surface area contributed by atoms with E-state index in [2.05, 4.69) is 26.7 Å². The molecule has 0 unspecified atom stereocenters. The van der Waals surface area contributed by atoms with E-state index in [1.165, 1.54) is 0 Å². The van der Waals surface area contributed by atoms with E-state index < -0.39 is 0 Å². The van der Waals surface area contributed by atoms with Gasteiger partial charge >= 0.3 is 0 Å². The molecule has 2 saturated heterocycles. The van der Waals surface area contributed by atoms with Crippen molar-refractivity contribution in [2.75, 3.05) is 39.3 Å². The minimum Gasteiger partial charge on any atom is -0.342 e. The fourth-order valence-corrected chi connectivity index (χ4v) is 3.97. The van der Waals surface area contributed by atoms with E-state index >= 15 is 0 Å². The van der Waals surface area contributed by atoms with Gasteiger partial charge in [0.25, 0.3) is 0 Å². The molecule has 2 aliphatic rings. The quantitative estimate of drug-likeness (QED) is 0.832. The van der Waals surface area contributed by atoms with Crippen LogP contribution in [0, 0.1) is 12.8 Å². The fourth-order valence-electron chi connectivity index (χ4n) is 3.97. The van der Waals surface area contributed by atoms with Crippen molar-refractivity contribution >= 4 is 5.91 Å². The van der Waals surface area contributed by atoms with E-state index in [4.69, 9.17) is 0 Å². The molecular formula is C18H29N5O. The van der Waals surface area contributed by atoms with Crippen molar-refractivity contribution in [1.29, 1.82) is 0 Å². The van der Waals surface area contributed by atoms with Crippen LogP contribution in [0.4, 0.5) is 0 Å². The molecule has 0 saturated carbocycles. The van der Waals surface area contributed by atoms with Gasteiger partial charge in [0.05, 0.1) is 11.4 Å². The molecule has 0 aromatic carbocycles. The predicted octanol–water partition coefficient (Wildman–Crippen LogP) is 1.16. The second-order valence-corrected chi connectivity index (χ2v) is 7.28. The maximum Gasteiger partial charge on any atom is 0.219 e. The van der Waals surface area contributed by atoms with Gasteiger partial charge in [0.2, 0.25) is 5.91 Å². The first-order valence-corrected chi connectivity index (χ1v) is 9.02. The SMILES string of the molecule is CC(=O)N1CCCN([C@@H]2CN(Cc3cnc(C)cn3)C[C@H]2C)CC1. The van der Waals surface area contributed by atoms with Gasteiger partial charge in [-0.1, -0.05) is 6.92 Å². The number of carbonyl (C=O) groups is 1. The second kappa shape index (κ2) is 7.57. The first kappa shape index (κ1) is 17.3. The monoisotopic (exact) mass is 331 g/mol. The molecular weight excluding hydrogens is 302 g/mol. The summed E-state index contributed by atoms with van der Waals surface area (Å²) >= 11 is 0. The van der Waals surface area contributed by atoms with Gasteiger partial charge in [-0.3, -0.25) is 24.6 Å². The van der Waals surface area contributed by atoms with E-state index in [-0.39, 0.29) is 5.91 Å². The van der Waals surface area contributed by atoms with E-state index in [1.807, 2.05) is 24.2 Å². The van der Waals surface area contributed by atoms with Crippen LogP contribution in [0.1, 0.15) is 31.7 Å². The second-order valence-electron chi connectivity index (χ2n) is 7.28. The van der Waals surface area contributed by atoms with Crippen molar-refractivity contribution in [2.24, 2.45) is 5.92 Å². The van der Waals surface area contributed by atoms with Gasteiger partial charge in [-0.25, -0.2) is 0 Å². The van der Waals surface area contributed by atoms with Gasteiger partial charge in [-0.15, -0.1) is 0 Å². The Hall–Kier alpha value is -1.53. The standard InChI is InChI=1S/C18H29N5O/c1-14-11-21(12-17-10-19-15(2)9-20-17)13-18(14)23-6-4-5-22(7-8-23)16(3)24/h9-10,14,18H,4-8,11-13H2,1-3H3/t14-,18-/m1/s1. The van der Waals surface area contributed by atoms with Crippen molar-refractivity contribution < 1.29 is 4.79 Å². The van der Waals surface area contributed by atoms with Crippen LogP contribution in [0.2, 0.25) is 0 Å². The van der Waals surface area contributed by atoms with Gasteiger partial charge in [0, 0.05) is 71.2 Å². The number of nitrogens with zero attached hydrogens (tertiary/aromatic N) is 5. The van der Waals surface area contributed by atoms with E-state index in [0.29, 0.717) is 12.0 Å². The summed E-state index contributed by atoms with van der Waals surface area (Å²) in [6, 6.07) is 0.579. The lowest BCUT2D eigenvalue weighted by atomic mass is 10.0. The van der Waals surface area contributed by atoms with E-state index in [0.717, 1.165) is 63.6 Å². The summed E-state index contributed by atoms with van der Waals surface area (Å²) < 4.78 is 0. The highest BCUT2D eigenvalue weighted by atomic mass is 16.2. The third kappa shape index (κ3) is 4.11. The molecule has 2 atom stereocenters. The lowest BCUT2D eigenvalue weighted by molar-refractivity contribution is -0.128. The van der Waals surface area contributed by atoms with Crippen LogP contribution in [-0.2, 0) is 11.3 Å². The molecule has 6 heteroatoms. The molecule has 1 amide bonds. The average Bonchev–Trinajstić information content (AvgIpc) is 2.76. The Morgan fingerprint density at radius 1 is 1.17 bits per heavy atom. The van der Waals surface area contributed by atoms with Gasteiger partial charge in [0.15, 0.2) is 0 Å². The normalized spacial score (nSPS) is 26.5. The minimum absolute atomic E-state index is 0.205. The smallest absolute Gasteiger partial charge is 0.219 e. The molecule has 0 bridgehead atoms. The van der Waals surface area contributed by atoms with Crippen LogP contribution in [-0.4, -0.2) is 75.9 Å². The van der Waals surface area contributed by atoms with E-state index in [1.54, 1.807) is 6.92 Å². The Bertz CT molecular complexity index is 561. The number of aryl methyl sites for hydroxylation is 1. The summed E-state index contributed by atoms with van der Waals surface area (Å²) in [6.45, 7) is 12.9. The fraction of sp³-hybridized carbons (Fsp3) is 0.722. The van der Waals surface area contributed by atoms with E-state index in [9.17, 15) is 4.79 Å². The lowest BCUT2D eigenvalue weighted by Crippen LogP contribution is -2.42. The Labute approximate surface area is 144 Å². The molecule has 2 fully saturated rings. The molecule has 1 aromatic heterocycles. The van der Waals surface area contributed by atoms with Crippen LogP contribution in [0.25, 0.3) is 0 Å². The van der Waals surface area contributed by atoms with Gasteiger partial charge < -0.3 is 4.90 Å².